The lowest BCUT2D eigenvalue weighted by molar-refractivity contribution is -0.147. The van der Waals surface area contributed by atoms with Crippen molar-refractivity contribution in [1.29, 1.82) is 0 Å². The molecule has 3 rings (SSSR count). The van der Waals surface area contributed by atoms with Crippen LogP contribution in [0.25, 0.3) is 11.1 Å². The summed E-state index contributed by atoms with van der Waals surface area (Å²) >= 11 is 0. The smallest absolute Gasteiger partial charge is 0.408 e. The number of nitrogens with one attached hydrogen (secondary N) is 1. The second kappa shape index (κ2) is 10.2. The van der Waals surface area contributed by atoms with Crippen LogP contribution in [0.15, 0.2) is 48.5 Å². The Morgan fingerprint density at radius 1 is 1.06 bits per heavy atom. The van der Waals surface area contributed by atoms with Gasteiger partial charge in [0.15, 0.2) is 0 Å². The molecule has 0 bridgehead atoms. The molecule has 33 heavy (non-hydrogen) atoms. The molecule has 1 aliphatic rings. The highest BCUT2D eigenvalue weighted by atomic mass is 16.5. The van der Waals surface area contributed by atoms with Gasteiger partial charge in [-0.3, -0.25) is 9.59 Å². The lowest BCUT2D eigenvalue weighted by Gasteiger charge is -2.35. The van der Waals surface area contributed by atoms with Crippen LogP contribution in [0.2, 0.25) is 0 Å². The van der Waals surface area contributed by atoms with Gasteiger partial charge in [-0.1, -0.05) is 68.3 Å². The molecule has 1 aliphatic carbocycles. The van der Waals surface area contributed by atoms with E-state index in [0.29, 0.717) is 0 Å². The minimum atomic E-state index is -1.31. The van der Waals surface area contributed by atoms with Gasteiger partial charge >= 0.3 is 12.1 Å². The van der Waals surface area contributed by atoms with Crippen molar-refractivity contribution in [2.24, 2.45) is 0 Å². The van der Waals surface area contributed by atoms with Crippen LogP contribution >= 0.6 is 0 Å². The average Bonchev–Trinajstić information content (AvgIpc) is 3.14. The number of benzene rings is 2. The Kier molecular flexibility index (Phi) is 7.39. The van der Waals surface area contributed by atoms with Crippen molar-refractivity contribution in [2.75, 3.05) is 19.7 Å². The van der Waals surface area contributed by atoms with Gasteiger partial charge in [0.2, 0.25) is 5.91 Å². The molecule has 7 nitrogen and oxygen atoms in total. The van der Waals surface area contributed by atoms with Crippen LogP contribution in [-0.2, 0) is 14.3 Å². The number of carboxylic acids is 1. The first-order valence-electron chi connectivity index (χ1n) is 10.9. The number of fused-ring (bicyclic) bond motifs is 3. The van der Waals surface area contributed by atoms with Crippen molar-refractivity contribution in [1.82, 2.24) is 10.2 Å². The third-order valence-corrected chi connectivity index (χ3v) is 6.20. The molecule has 0 unspecified atom stereocenters. The molecular formula is C26H28N2O5. The molecule has 0 spiro atoms. The van der Waals surface area contributed by atoms with E-state index in [9.17, 15) is 14.4 Å². The Labute approximate surface area is 193 Å². The van der Waals surface area contributed by atoms with Gasteiger partial charge in [-0.15, -0.1) is 6.42 Å². The minimum Gasteiger partial charge on any atom is -0.480 e. The lowest BCUT2D eigenvalue weighted by atomic mass is 9.91. The Hall–Kier alpha value is -3.79. The van der Waals surface area contributed by atoms with E-state index in [1.165, 1.54) is 0 Å². The Bertz CT molecular complexity index is 1040. The molecule has 2 aromatic carbocycles. The number of hydrogen-bond donors (Lipinski definition) is 2. The number of carbonyl (C=O) groups excluding carboxylic acids is 2. The second-order valence-electron chi connectivity index (χ2n) is 8.00. The highest BCUT2D eigenvalue weighted by molar-refractivity contribution is 5.92. The van der Waals surface area contributed by atoms with Gasteiger partial charge in [-0.25, -0.2) is 4.79 Å². The SMILES string of the molecule is C#CCN(CC(=O)O)C(=O)C(CC)(CC)NC(=O)OCC1c2ccccc2-c2ccccc21. The fraction of sp³-hybridized carbons (Fsp3) is 0.346. The van der Waals surface area contributed by atoms with E-state index in [0.717, 1.165) is 27.2 Å². The molecule has 2 aromatic rings. The molecule has 0 fully saturated rings. The van der Waals surface area contributed by atoms with Gasteiger partial charge < -0.3 is 20.1 Å². The van der Waals surface area contributed by atoms with E-state index in [4.69, 9.17) is 16.3 Å². The molecule has 0 aromatic heterocycles. The summed E-state index contributed by atoms with van der Waals surface area (Å²) in [5, 5.41) is 11.8. The summed E-state index contributed by atoms with van der Waals surface area (Å²) in [6.07, 6.45) is 5.10. The molecule has 0 radical (unpaired) electrons. The first-order chi connectivity index (χ1) is 15.9. The number of nitrogens with zero attached hydrogens (tertiary/aromatic N) is 1. The van der Waals surface area contributed by atoms with Crippen molar-refractivity contribution in [2.45, 2.75) is 38.1 Å². The van der Waals surface area contributed by atoms with Crippen molar-refractivity contribution < 1.29 is 24.2 Å². The summed E-state index contributed by atoms with van der Waals surface area (Å²) in [4.78, 5) is 38.2. The first-order valence-corrected chi connectivity index (χ1v) is 10.9. The number of aliphatic carboxylic acids is 1. The monoisotopic (exact) mass is 448 g/mol. The molecule has 0 heterocycles. The maximum atomic E-state index is 13.2. The van der Waals surface area contributed by atoms with E-state index in [1.807, 2.05) is 36.4 Å². The fourth-order valence-corrected chi connectivity index (χ4v) is 4.39. The standard InChI is InChI=1S/C26H28N2O5/c1-4-15-28(16-23(29)30)24(31)26(5-2,6-3)27-25(32)33-17-22-20-13-9-7-11-18(20)19-12-8-10-14-21(19)22/h1,7-14,22H,5-6,15-17H2,2-3H3,(H,27,32)(H,29,30). The van der Waals surface area contributed by atoms with Crippen molar-refractivity contribution in [3.05, 3.63) is 59.7 Å². The number of terminal acetylenes is 1. The van der Waals surface area contributed by atoms with Crippen LogP contribution in [0.3, 0.4) is 0 Å². The Morgan fingerprint density at radius 3 is 2.09 bits per heavy atom. The summed E-state index contributed by atoms with van der Waals surface area (Å²) in [5.41, 5.74) is 3.09. The summed E-state index contributed by atoms with van der Waals surface area (Å²) in [5.74, 6) is 0.477. The van der Waals surface area contributed by atoms with E-state index in [2.05, 4.69) is 23.4 Å². The van der Waals surface area contributed by atoms with E-state index in [-0.39, 0.29) is 31.9 Å². The van der Waals surface area contributed by atoms with Gasteiger partial charge in [0, 0.05) is 5.92 Å². The molecule has 7 heteroatoms. The minimum absolute atomic E-state index is 0.110. The quantitative estimate of drug-likeness (QED) is 0.571. The number of hydrogen-bond acceptors (Lipinski definition) is 4. The van der Waals surface area contributed by atoms with Gasteiger partial charge in [0.1, 0.15) is 18.7 Å². The maximum absolute atomic E-state index is 13.2. The molecule has 0 saturated heterocycles. The van der Waals surface area contributed by atoms with Crippen molar-refractivity contribution >= 4 is 18.0 Å². The zero-order valence-electron chi connectivity index (χ0n) is 18.8. The van der Waals surface area contributed by atoms with Gasteiger partial charge in [0.05, 0.1) is 6.54 Å². The van der Waals surface area contributed by atoms with Gasteiger partial charge in [0.25, 0.3) is 0 Å². The molecule has 2 amide bonds. The summed E-state index contributed by atoms with van der Waals surface area (Å²) in [7, 11) is 0. The van der Waals surface area contributed by atoms with Crippen LogP contribution in [0.5, 0.6) is 0 Å². The van der Waals surface area contributed by atoms with Gasteiger partial charge in [-0.05, 0) is 35.1 Å². The van der Waals surface area contributed by atoms with Crippen molar-refractivity contribution in [3.63, 3.8) is 0 Å². The average molecular weight is 449 g/mol. The van der Waals surface area contributed by atoms with E-state index >= 15 is 0 Å². The maximum Gasteiger partial charge on any atom is 0.408 e. The Balaban J connectivity index is 1.75. The molecule has 0 atom stereocenters. The van der Waals surface area contributed by atoms with Crippen LogP contribution < -0.4 is 5.32 Å². The third kappa shape index (κ3) is 4.85. The molecule has 2 N–H and O–H groups in total. The largest absolute Gasteiger partial charge is 0.480 e. The van der Waals surface area contributed by atoms with Crippen LogP contribution in [0.1, 0.15) is 43.7 Å². The second-order valence-corrected chi connectivity index (χ2v) is 8.00. The Morgan fingerprint density at radius 2 is 1.61 bits per heavy atom. The molecular weight excluding hydrogens is 420 g/mol. The topological polar surface area (TPSA) is 95.9 Å². The molecule has 0 aliphatic heterocycles. The number of alkyl carbamates (subject to hydrolysis) is 1. The van der Waals surface area contributed by atoms with Crippen LogP contribution in [-0.4, -0.2) is 53.2 Å². The lowest BCUT2D eigenvalue weighted by Crippen LogP contribution is -2.60. The van der Waals surface area contributed by atoms with E-state index < -0.39 is 30.1 Å². The highest BCUT2D eigenvalue weighted by Crippen LogP contribution is 2.44. The number of carbonyl (C=O) groups is 3. The highest BCUT2D eigenvalue weighted by Gasteiger charge is 2.41. The fourth-order valence-electron chi connectivity index (χ4n) is 4.39. The number of ether oxygens (including phenoxy) is 1. The molecule has 172 valence electrons. The summed E-state index contributed by atoms with van der Waals surface area (Å²) in [6.45, 7) is 2.90. The molecule has 0 saturated carbocycles. The van der Waals surface area contributed by atoms with Gasteiger partial charge in [-0.2, -0.15) is 0 Å². The first kappa shape index (κ1) is 23.9. The third-order valence-electron chi connectivity index (χ3n) is 6.20. The van der Waals surface area contributed by atoms with E-state index in [1.54, 1.807) is 13.8 Å². The van der Waals surface area contributed by atoms with Crippen LogP contribution in [0.4, 0.5) is 4.79 Å². The van der Waals surface area contributed by atoms with Crippen molar-refractivity contribution in [3.8, 4) is 23.5 Å². The van der Waals surface area contributed by atoms with Crippen LogP contribution in [0, 0.1) is 12.3 Å². The summed E-state index contributed by atoms with van der Waals surface area (Å²) in [6, 6.07) is 16.0. The predicted octanol–water partition coefficient (Wildman–Crippen LogP) is 3.63. The number of rotatable bonds is 9. The number of amides is 2. The number of carboxylic acid groups (broad SMARTS) is 1. The normalized spacial score (nSPS) is 12.3. The zero-order valence-corrected chi connectivity index (χ0v) is 18.8. The zero-order chi connectivity index (χ0) is 24.0. The predicted molar refractivity (Wildman–Crippen MR) is 125 cm³/mol. The summed E-state index contributed by atoms with van der Waals surface area (Å²) < 4.78 is 5.59.